The Balaban J connectivity index is 2.52. The number of nitrogens with two attached hydrogens (primary N) is 1. The Bertz CT molecular complexity index is 587. The quantitative estimate of drug-likeness (QED) is 0.862. The Labute approximate surface area is 112 Å². The summed E-state index contributed by atoms with van der Waals surface area (Å²) in [5.74, 6) is -1.36. The predicted octanol–water partition coefficient (Wildman–Crippen LogP) is 3.48. The molecular formula is C13H11BrF2N2. The van der Waals surface area contributed by atoms with Crippen LogP contribution in [-0.4, -0.2) is 4.98 Å². The van der Waals surface area contributed by atoms with Gasteiger partial charge in [-0.15, -0.1) is 0 Å². The molecule has 2 nitrogen and oxygen atoms in total. The number of hydrogen-bond donors (Lipinski definition) is 1. The van der Waals surface area contributed by atoms with Crippen molar-refractivity contribution in [2.45, 2.75) is 13.0 Å². The van der Waals surface area contributed by atoms with Crippen LogP contribution in [0.2, 0.25) is 0 Å². The number of nitrogens with zero attached hydrogens (tertiary/aromatic N) is 1. The number of rotatable bonds is 2. The molecule has 0 radical (unpaired) electrons. The van der Waals surface area contributed by atoms with Gasteiger partial charge in [-0.3, -0.25) is 4.98 Å². The molecule has 2 N–H and O–H groups in total. The van der Waals surface area contributed by atoms with Crippen molar-refractivity contribution in [1.29, 1.82) is 0 Å². The van der Waals surface area contributed by atoms with Crippen molar-refractivity contribution in [3.63, 3.8) is 0 Å². The van der Waals surface area contributed by atoms with E-state index in [1.165, 1.54) is 12.1 Å². The molecule has 0 spiro atoms. The van der Waals surface area contributed by atoms with Crippen LogP contribution in [0.1, 0.15) is 23.0 Å². The summed E-state index contributed by atoms with van der Waals surface area (Å²) in [6.07, 6.45) is 0. The molecule has 5 heteroatoms. The maximum Gasteiger partial charge on any atom is 0.145 e. The molecule has 18 heavy (non-hydrogen) atoms. The third kappa shape index (κ3) is 2.42. The maximum atomic E-state index is 13.9. The van der Waals surface area contributed by atoms with E-state index in [2.05, 4.69) is 20.9 Å². The van der Waals surface area contributed by atoms with Gasteiger partial charge >= 0.3 is 0 Å². The van der Waals surface area contributed by atoms with Crippen molar-refractivity contribution in [1.82, 2.24) is 4.98 Å². The molecule has 94 valence electrons. The van der Waals surface area contributed by atoms with Gasteiger partial charge in [0.2, 0.25) is 0 Å². The number of aromatic nitrogens is 1. The zero-order valence-electron chi connectivity index (χ0n) is 9.62. The molecule has 1 aromatic carbocycles. The SMILES string of the molecule is Cc1cccc(C(N)c2c(F)ccc(Br)c2F)n1. The van der Waals surface area contributed by atoms with Crippen molar-refractivity contribution < 1.29 is 8.78 Å². The number of halogens is 3. The third-order valence-corrected chi connectivity index (χ3v) is 3.23. The van der Waals surface area contributed by atoms with Crippen molar-refractivity contribution in [3.8, 4) is 0 Å². The van der Waals surface area contributed by atoms with Gasteiger partial charge in [0, 0.05) is 11.3 Å². The van der Waals surface area contributed by atoms with Crippen LogP contribution in [-0.2, 0) is 0 Å². The smallest absolute Gasteiger partial charge is 0.145 e. The standard InChI is InChI=1S/C13H11BrF2N2/c1-7-3-2-4-10(18-7)13(17)11-9(15)6-5-8(14)12(11)16/h2-6,13H,17H2,1H3. The summed E-state index contributed by atoms with van der Waals surface area (Å²) in [5, 5.41) is 0. The highest BCUT2D eigenvalue weighted by Gasteiger charge is 2.21. The highest BCUT2D eigenvalue weighted by atomic mass is 79.9. The van der Waals surface area contributed by atoms with Crippen LogP contribution < -0.4 is 5.73 Å². The van der Waals surface area contributed by atoms with Gasteiger partial charge in [-0.2, -0.15) is 0 Å². The first-order valence-electron chi connectivity index (χ1n) is 5.33. The summed E-state index contributed by atoms with van der Waals surface area (Å²) >= 11 is 3.02. The van der Waals surface area contributed by atoms with Crippen molar-refractivity contribution in [2.75, 3.05) is 0 Å². The van der Waals surface area contributed by atoms with E-state index in [-0.39, 0.29) is 10.0 Å². The van der Waals surface area contributed by atoms with E-state index in [0.717, 1.165) is 5.69 Å². The van der Waals surface area contributed by atoms with E-state index >= 15 is 0 Å². The average molecular weight is 313 g/mol. The monoisotopic (exact) mass is 312 g/mol. The fourth-order valence-electron chi connectivity index (χ4n) is 1.71. The van der Waals surface area contributed by atoms with Gasteiger partial charge in [0.25, 0.3) is 0 Å². The van der Waals surface area contributed by atoms with Crippen LogP contribution >= 0.6 is 15.9 Å². The summed E-state index contributed by atoms with van der Waals surface area (Å²) in [6, 6.07) is 6.76. The van der Waals surface area contributed by atoms with Crippen molar-refractivity contribution >= 4 is 15.9 Å². The van der Waals surface area contributed by atoms with Gasteiger partial charge in [0.15, 0.2) is 0 Å². The van der Waals surface area contributed by atoms with Crippen molar-refractivity contribution in [3.05, 3.63) is 63.4 Å². The van der Waals surface area contributed by atoms with Gasteiger partial charge in [0.05, 0.1) is 16.2 Å². The average Bonchev–Trinajstić information content (AvgIpc) is 2.34. The van der Waals surface area contributed by atoms with Crippen LogP contribution in [0.25, 0.3) is 0 Å². The Morgan fingerprint density at radius 1 is 1.22 bits per heavy atom. The molecule has 0 fully saturated rings. The molecule has 0 saturated carbocycles. The second-order valence-corrected chi connectivity index (χ2v) is 4.79. The lowest BCUT2D eigenvalue weighted by Crippen LogP contribution is -2.17. The van der Waals surface area contributed by atoms with Crippen LogP contribution in [0.5, 0.6) is 0 Å². The first-order valence-corrected chi connectivity index (χ1v) is 6.12. The second-order valence-electron chi connectivity index (χ2n) is 3.94. The van der Waals surface area contributed by atoms with E-state index < -0.39 is 17.7 Å². The number of benzene rings is 1. The minimum atomic E-state index is -0.928. The minimum absolute atomic E-state index is 0.178. The van der Waals surface area contributed by atoms with E-state index in [1.807, 2.05) is 0 Å². The molecule has 1 atom stereocenters. The molecule has 1 aromatic heterocycles. The summed E-state index contributed by atoms with van der Waals surface area (Å²) in [4.78, 5) is 4.19. The summed E-state index contributed by atoms with van der Waals surface area (Å²) < 4.78 is 27.8. The molecule has 0 aliphatic carbocycles. The molecule has 0 aliphatic rings. The molecule has 0 amide bonds. The summed E-state index contributed by atoms with van der Waals surface area (Å²) in [6.45, 7) is 1.80. The van der Waals surface area contributed by atoms with E-state index in [1.54, 1.807) is 25.1 Å². The molecule has 1 unspecified atom stereocenters. The van der Waals surface area contributed by atoms with E-state index in [9.17, 15) is 8.78 Å². The van der Waals surface area contributed by atoms with Gasteiger partial charge < -0.3 is 5.73 Å². The molecule has 0 saturated heterocycles. The van der Waals surface area contributed by atoms with Crippen LogP contribution in [0.3, 0.4) is 0 Å². The zero-order chi connectivity index (χ0) is 13.3. The minimum Gasteiger partial charge on any atom is -0.319 e. The first kappa shape index (κ1) is 13.1. The molecular weight excluding hydrogens is 302 g/mol. The second kappa shape index (κ2) is 5.12. The summed E-state index contributed by atoms with van der Waals surface area (Å²) in [7, 11) is 0. The number of pyridine rings is 1. The lowest BCUT2D eigenvalue weighted by atomic mass is 10.0. The predicted molar refractivity (Wildman–Crippen MR) is 69.1 cm³/mol. The third-order valence-electron chi connectivity index (χ3n) is 2.62. The number of aryl methyl sites for hydroxylation is 1. The molecule has 2 rings (SSSR count). The highest BCUT2D eigenvalue weighted by Crippen LogP contribution is 2.28. The number of hydrogen-bond acceptors (Lipinski definition) is 2. The molecule has 2 aromatic rings. The first-order chi connectivity index (χ1) is 8.50. The van der Waals surface area contributed by atoms with Gasteiger partial charge in [-0.05, 0) is 47.1 Å². The Morgan fingerprint density at radius 2 is 1.94 bits per heavy atom. The topological polar surface area (TPSA) is 38.9 Å². The Hall–Kier alpha value is -1.33. The normalized spacial score (nSPS) is 12.5. The molecule has 0 bridgehead atoms. The fourth-order valence-corrected chi connectivity index (χ4v) is 2.06. The van der Waals surface area contributed by atoms with E-state index in [0.29, 0.717) is 5.69 Å². The fraction of sp³-hybridized carbons (Fsp3) is 0.154. The van der Waals surface area contributed by atoms with Gasteiger partial charge in [-0.25, -0.2) is 8.78 Å². The lowest BCUT2D eigenvalue weighted by molar-refractivity contribution is 0.536. The molecule has 1 heterocycles. The highest BCUT2D eigenvalue weighted by molar-refractivity contribution is 9.10. The largest absolute Gasteiger partial charge is 0.319 e. The van der Waals surface area contributed by atoms with Crippen LogP contribution in [0.15, 0.2) is 34.8 Å². The van der Waals surface area contributed by atoms with Crippen LogP contribution in [0.4, 0.5) is 8.78 Å². The van der Waals surface area contributed by atoms with Gasteiger partial charge in [-0.1, -0.05) is 6.07 Å². The lowest BCUT2D eigenvalue weighted by Gasteiger charge is -2.14. The van der Waals surface area contributed by atoms with E-state index in [4.69, 9.17) is 5.73 Å². The van der Waals surface area contributed by atoms with Gasteiger partial charge in [0.1, 0.15) is 11.6 Å². The zero-order valence-corrected chi connectivity index (χ0v) is 11.2. The Kier molecular flexibility index (Phi) is 3.73. The molecule has 0 aliphatic heterocycles. The van der Waals surface area contributed by atoms with Crippen LogP contribution in [0, 0.1) is 18.6 Å². The summed E-state index contributed by atoms with van der Waals surface area (Å²) in [5.41, 5.74) is 6.90. The Morgan fingerprint density at radius 3 is 2.61 bits per heavy atom. The van der Waals surface area contributed by atoms with Crippen molar-refractivity contribution in [2.24, 2.45) is 5.73 Å². The maximum absolute atomic E-state index is 13.9.